The van der Waals surface area contributed by atoms with E-state index in [9.17, 15) is 0 Å². The average Bonchev–Trinajstić information content (AvgIpc) is 2.86. The van der Waals surface area contributed by atoms with Crippen molar-refractivity contribution in [2.75, 3.05) is 6.61 Å². The van der Waals surface area contributed by atoms with Gasteiger partial charge in [0.2, 0.25) is 0 Å². The molecule has 106 valence electrons. The standard InChI is InChI=1S/C16H21N3O/c1-12(2)19-8-7-14(18-19)10-16(17)9-13-5-3-4-6-15(13)20-11-16/h3-8,12H,9-11,17H2,1-2H3. The van der Waals surface area contributed by atoms with Gasteiger partial charge in [-0.2, -0.15) is 5.10 Å². The first kappa shape index (κ1) is 13.2. The maximum absolute atomic E-state index is 6.52. The minimum Gasteiger partial charge on any atom is -0.491 e. The van der Waals surface area contributed by atoms with Gasteiger partial charge in [-0.25, -0.2) is 0 Å². The van der Waals surface area contributed by atoms with Crippen LogP contribution in [0.25, 0.3) is 0 Å². The molecule has 0 amide bonds. The van der Waals surface area contributed by atoms with E-state index in [2.05, 4.69) is 31.1 Å². The van der Waals surface area contributed by atoms with Gasteiger partial charge in [0.05, 0.1) is 11.2 Å². The van der Waals surface area contributed by atoms with Crippen molar-refractivity contribution in [2.45, 2.75) is 38.3 Å². The topological polar surface area (TPSA) is 53.1 Å². The summed E-state index contributed by atoms with van der Waals surface area (Å²) in [7, 11) is 0. The molecule has 0 bridgehead atoms. The summed E-state index contributed by atoms with van der Waals surface area (Å²) >= 11 is 0. The van der Waals surface area contributed by atoms with Gasteiger partial charge in [0.15, 0.2) is 0 Å². The normalized spacial score (nSPS) is 21.6. The molecule has 2 N–H and O–H groups in total. The van der Waals surface area contributed by atoms with Crippen molar-refractivity contribution in [3.8, 4) is 5.75 Å². The van der Waals surface area contributed by atoms with Crippen LogP contribution in [-0.4, -0.2) is 21.9 Å². The Morgan fingerprint density at radius 1 is 1.35 bits per heavy atom. The van der Waals surface area contributed by atoms with Crippen LogP contribution in [0, 0.1) is 0 Å². The lowest BCUT2D eigenvalue weighted by molar-refractivity contribution is 0.188. The Labute approximate surface area is 119 Å². The average molecular weight is 271 g/mol. The number of hydrogen-bond acceptors (Lipinski definition) is 3. The van der Waals surface area contributed by atoms with Crippen LogP contribution in [0.3, 0.4) is 0 Å². The molecule has 3 rings (SSSR count). The number of nitrogens with two attached hydrogens (primary N) is 1. The fourth-order valence-electron chi connectivity index (χ4n) is 2.68. The first-order valence-corrected chi connectivity index (χ1v) is 7.09. The molecule has 2 heterocycles. The molecule has 1 unspecified atom stereocenters. The number of nitrogens with zero attached hydrogens (tertiary/aromatic N) is 2. The Morgan fingerprint density at radius 3 is 2.90 bits per heavy atom. The summed E-state index contributed by atoms with van der Waals surface area (Å²) in [6, 6.07) is 10.5. The van der Waals surface area contributed by atoms with Crippen LogP contribution in [0.4, 0.5) is 0 Å². The van der Waals surface area contributed by atoms with Crippen molar-refractivity contribution in [3.63, 3.8) is 0 Å². The lowest BCUT2D eigenvalue weighted by atomic mass is 9.86. The molecule has 0 radical (unpaired) electrons. The van der Waals surface area contributed by atoms with E-state index >= 15 is 0 Å². The van der Waals surface area contributed by atoms with Gasteiger partial charge in [-0.15, -0.1) is 0 Å². The Kier molecular flexibility index (Phi) is 3.26. The smallest absolute Gasteiger partial charge is 0.122 e. The van der Waals surface area contributed by atoms with Crippen molar-refractivity contribution in [3.05, 3.63) is 47.8 Å². The third-order valence-electron chi connectivity index (χ3n) is 3.76. The van der Waals surface area contributed by atoms with E-state index in [1.165, 1.54) is 5.56 Å². The predicted octanol–water partition coefficient (Wildman–Crippen LogP) is 2.34. The molecular weight excluding hydrogens is 250 g/mol. The number of fused-ring (bicyclic) bond motifs is 1. The second-order valence-electron chi connectivity index (χ2n) is 5.99. The highest BCUT2D eigenvalue weighted by atomic mass is 16.5. The minimum absolute atomic E-state index is 0.371. The van der Waals surface area contributed by atoms with Crippen LogP contribution in [0.15, 0.2) is 36.5 Å². The lowest BCUT2D eigenvalue weighted by Crippen LogP contribution is -2.51. The molecule has 0 aliphatic carbocycles. The zero-order valence-electron chi connectivity index (χ0n) is 12.0. The fraction of sp³-hybridized carbons (Fsp3) is 0.438. The summed E-state index contributed by atoms with van der Waals surface area (Å²) in [5.41, 5.74) is 8.36. The number of rotatable bonds is 3. The van der Waals surface area contributed by atoms with E-state index in [1.807, 2.05) is 29.1 Å². The second kappa shape index (κ2) is 4.94. The zero-order valence-corrected chi connectivity index (χ0v) is 12.0. The van der Waals surface area contributed by atoms with Crippen molar-refractivity contribution in [1.29, 1.82) is 0 Å². The van der Waals surface area contributed by atoms with Crippen molar-refractivity contribution in [1.82, 2.24) is 9.78 Å². The molecule has 0 saturated carbocycles. The van der Waals surface area contributed by atoms with Crippen molar-refractivity contribution >= 4 is 0 Å². The van der Waals surface area contributed by atoms with Gasteiger partial charge in [-0.05, 0) is 38.0 Å². The Bertz CT molecular complexity index is 605. The van der Waals surface area contributed by atoms with Gasteiger partial charge in [0.1, 0.15) is 12.4 Å². The largest absolute Gasteiger partial charge is 0.491 e. The van der Waals surface area contributed by atoms with E-state index in [0.29, 0.717) is 12.6 Å². The van der Waals surface area contributed by atoms with E-state index in [4.69, 9.17) is 10.5 Å². The number of benzene rings is 1. The minimum atomic E-state index is -0.371. The highest BCUT2D eigenvalue weighted by molar-refractivity contribution is 5.37. The first-order chi connectivity index (χ1) is 9.56. The van der Waals surface area contributed by atoms with E-state index < -0.39 is 0 Å². The molecule has 1 aliphatic heterocycles. The van der Waals surface area contributed by atoms with Gasteiger partial charge >= 0.3 is 0 Å². The lowest BCUT2D eigenvalue weighted by Gasteiger charge is -2.34. The third-order valence-corrected chi connectivity index (χ3v) is 3.76. The quantitative estimate of drug-likeness (QED) is 0.932. The number of aromatic nitrogens is 2. The maximum atomic E-state index is 6.52. The van der Waals surface area contributed by atoms with Crippen LogP contribution in [-0.2, 0) is 12.8 Å². The molecule has 4 nitrogen and oxygen atoms in total. The predicted molar refractivity (Wildman–Crippen MR) is 78.9 cm³/mol. The van der Waals surface area contributed by atoms with E-state index in [0.717, 1.165) is 24.3 Å². The number of para-hydroxylation sites is 1. The van der Waals surface area contributed by atoms with E-state index in [1.54, 1.807) is 0 Å². The van der Waals surface area contributed by atoms with Crippen LogP contribution in [0.2, 0.25) is 0 Å². The van der Waals surface area contributed by atoms with Gasteiger partial charge in [0, 0.05) is 18.7 Å². The molecule has 1 atom stereocenters. The van der Waals surface area contributed by atoms with Crippen LogP contribution >= 0.6 is 0 Å². The summed E-state index contributed by atoms with van der Waals surface area (Å²) < 4.78 is 7.77. The number of ether oxygens (including phenoxy) is 1. The van der Waals surface area contributed by atoms with Crippen LogP contribution in [0.5, 0.6) is 5.75 Å². The molecule has 1 aliphatic rings. The molecular formula is C16H21N3O. The van der Waals surface area contributed by atoms with E-state index in [-0.39, 0.29) is 5.54 Å². The third kappa shape index (κ3) is 2.56. The molecule has 1 aromatic heterocycles. The molecule has 2 aromatic rings. The van der Waals surface area contributed by atoms with Crippen LogP contribution < -0.4 is 10.5 Å². The Hall–Kier alpha value is -1.81. The molecule has 20 heavy (non-hydrogen) atoms. The van der Waals surface area contributed by atoms with Crippen molar-refractivity contribution < 1.29 is 4.74 Å². The molecule has 0 spiro atoms. The van der Waals surface area contributed by atoms with Gasteiger partial charge in [-0.3, -0.25) is 4.68 Å². The molecule has 0 fully saturated rings. The Balaban J connectivity index is 1.77. The fourth-order valence-corrected chi connectivity index (χ4v) is 2.68. The summed E-state index contributed by atoms with van der Waals surface area (Å²) in [5.74, 6) is 0.960. The van der Waals surface area contributed by atoms with Crippen LogP contribution in [0.1, 0.15) is 31.1 Å². The maximum Gasteiger partial charge on any atom is 0.122 e. The van der Waals surface area contributed by atoms with Gasteiger partial charge in [-0.1, -0.05) is 18.2 Å². The number of hydrogen-bond donors (Lipinski definition) is 1. The summed E-state index contributed by atoms with van der Waals surface area (Å²) in [5, 5.41) is 4.59. The monoisotopic (exact) mass is 271 g/mol. The highest BCUT2D eigenvalue weighted by Crippen LogP contribution is 2.29. The zero-order chi connectivity index (χ0) is 14.2. The summed E-state index contributed by atoms with van der Waals surface area (Å²) in [4.78, 5) is 0. The van der Waals surface area contributed by atoms with Gasteiger partial charge in [0.25, 0.3) is 0 Å². The van der Waals surface area contributed by atoms with Gasteiger partial charge < -0.3 is 10.5 Å². The Morgan fingerprint density at radius 2 is 2.15 bits per heavy atom. The SMILES string of the molecule is CC(C)n1ccc(CC2(N)COc3ccccc3C2)n1. The second-order valence-corrected chi connectivity index (χ2v) is 5.99. The van der Waals surface area contributed by atoms with Crippen molar-refractivity contribution in [2.24, 2.45) is 5.73 Å². The summed E-state index contributed by atoms with van der Waals surface area (Å²) in [6.45, 7) is 4.78. The highest BCUT2D eigenvalue weighted by Gasteiger charge is 2.32. The first-order valence-electron chi connectivity index (χ1n) is 7.09. The molecule has 4 heteroatoms. The molecule has 1 aromatic carbocycles. The molecule has 0 saturated heterocycles. The summed E-state index contributed by atoms with van der Waals surface area (Å²) in [6.07, 6.45) is 3.58.